The Morgan fingerprint density at radius 3 is 2.08 bits per heavy atom. The zero-order valence-corrected chi connectivity index (χ0v) is 12.2. The first-order valence-corrected chi connectivity index (χ1v) is 12.7. The summed E-state index contributed by atoms with van der Waals surface area (Å²) in [6, 6.07) is 11.7. The molecule has 4 heteroatoms. The molecule has 0 radical (unpaired) electrons. The molecular formula is C8H9Br3Si. The molecule has 0 saturated heterocycles. The van der Waals surface area contributed by atoms with E-state index in [2.05, 4.69) is 70.1 Å². The second-order valence-corrected chi connectivity index (χ2v) is 26.1. The quantitative estimate of drug-likeness (QED) is 0.546. The third-order valence-corrected chi connectivity index (χ3v) is 5.93. The van der Waals surface area contributed by atoms with E-state index in [1.165, 1.54) is 5.56 Å². The molecule has 0 aliphatic rings. The van der Waals surface area contributed by atoms with Gasteiger partial charge in [-0.2, -0.15) is 0 Å². The highest BCUT2D eigenvalue weighted by atomic mass is 80.0. The van der Waals surface area contributed by atoms with Crippen molar-refractivity contribution in [3.8, 4) is 0 Å². The third kappa shape index (κ3) is 4.79. The summed E-state index contributed by atoms with van der Waals surface area (Å²) >= 11 is 10.8. The van der Waals surface area contributed by atoms with Gasteiger partial charge in [0.2, 0.25) is 0 Å². The topological polar surface area (TPSA) is 0 Å². The van der Waals surface area contributed by atoms with Gasteiger partial charge in [0.25, 0.3) is 3.93 Å². The van der Waals surface area contributed by atoms with Gasteiger partial charge in [0, 0.05) is 0 Å². The molecule has 0 heterocycles. The van der Waals surface area contributed by atoms with Crippen LogP contribution >= 0.6 is 45.9 Å². The van der Waals surface area contributed by atoms with E-state index >= 15 is 0 Å². The maximum Gasteiger partial charge on any atom is 0.267 e. The van der Waals surface area contributed by atoms with Crippen molar-refractivity contribution in [2.45, 2.75) is 12.5 Å². The summed E-state index contributed by atoms with van der Waals surface area (Å²) in [5.74, 6) is 0. The number of benzene rings is 1. The van der Waals surface area contributed by atoms with E-state index in [1.54, 1.807) is 0 Å². The van der Waals surface area contributed by atoms with E-state index in [0.29, 0.717) is 0 Å². The summed E-state index contributed by atoms with van der Waals surface area (Å²) in [5, 5.41) is 0. The van der Waals surface area contributed by atoms with Crippen LogP contribution in [0.3, 0.4) is 0 Å². The van der Waals surface area contributed by atoms with Gasteiger partial charge in [-0.05, 0) is 18.0 Å². The molecule has 1 aromatic rings. The molecule has 0 aliphatic heterocycles. The van der Waals surface area contributed by atoms with Gasteiger partial charge in [0.15, 0.2) is 0 Å². The van der Waals surface area contributed by atoms with Gasteiger partial charge in [-0.3, -0.25) is 0 Å². The Labute approximate surface area is 97.5 Å². The van der Waals surface area contributed by atoms with Gasteiger partial charge < -0.3 is 0 Å². The van der Waals surface area contributed by atoms with E-state index in [9.17, 15) is 0 Å². The molecule has 0 atom stereocenters. The molecule has 0 aliphatic carbocycles. The molecule has 0 fully saturated rings. The predicted molar refractivity (Wildman–Crippen MR) is 67.5 cm³/mol. The Morgan fingerprint density at radius 2 is 1.58 bits per heavy atom. The number of hydrogen-bond acceptors (Lipinski definition) is 0. The molecule has 0 unspecified atom stereocenters. The molecule has 1 aromatic carbocycles. The van der Waals surface area contributed by atoms with Crippen LogP contribution in [0.25, 0.3) is 0 Å². The van der Waals surface area contributed by atoms with Gasteiger partial charge in [-0.15, -0.1) is 0 Å². The smallest absolute Gasteiger partial charge is 0.0964 e. The van der Waals surface area contributed by atoms with Crippen LogP contribution in [0.15, 0.2) is 30.3 Å². The lowest BCUT2D eigenvalue weighted by Gasteiger charge is -2.08. The average Bonchev–Trinajstić information content (AvgIpc) is 2.02. The van der Waals surface area contributed by atoms with Gasteiger partial charge in [-0.25, -0.2) is 0 Å². The summed E-state index contributed by atoms with van der Waals surface area (Å²) < 4.78 is -1.40. The van der Waals surface area contributed by atoms with Crippen LogP contribution in [0.4, 0.5) is 0 Å². The zero-order valence-electron chi connectivity index (χ0n) is 6.43. The number of rotatable bonds is 3. The normalized spacial score (nSPS) is 11.6. The summed E-state index contributed by atoms with van der Waals surface area (Å²) in [7, 11) is 0. The lowest BCUT2D eigenvalue weighted by atomic mass is 10.2. The van der Waals surface area contributed by atoms with Crippen LogP contribution in [-0.2, 0) is 6.42 Å². The van der Waals surface area contributed by atoms with Crippen molar-refractivity contribution in [1.82, 2.24) is 0 Å². The van der Waals surface area contributed by atoms with Crippen molar-refractivity contribution in [1.29, 1.82) is 0 Å². The summed E-state index contributed by atoms with van der Waals surface area (Å²) in [5.41, 5.74) is 1.40. The highest BCUT2D eigenvalue weighted by Crippen LogP contribution is 2.32. The van der Waals surface area contributed by atoms with E-state index in [1.807, 2.05) is 6.07 Å². The second-order valence-electron chi connectivity index (χ2n) is 2.60. The Bertz CT molecular complexity index is 230. The fraction of sp³-hybridized carbons (Fsp3) is 0.250. The first kappa shape index (κ1) is 11.0. The van der Waals surface area contributed by atoms with Crippen LogP contribution in [0, 0.1) is 0 Å². The lowest BCUT2D eigenvalue weighted by Crippen LogP contribution is -2.06. The number of aryl methyl sites for hydroxylation is 1. The fourth-order valence-electron chi connectivity index (χ4n) is 0.931. The second kappa shape index (κ2) is 4.93. The average molecular weight is 373 g/mol. The van der Waals surface area contributed by atoms with Gasteiger partial charge >= 0.3 is 0 Å². The molecule has 0 amide bonds. The molecule has 0 nitrogen and oxygen atoms in total. The van der Waals surface area contributed by atoms with Crippen LogP contribution in [-0.4, -0.2) is 3.93 Å². The molecule has 0 bridgehead atoms. The van der Waals surface area contributed by atoms with Gasteiger partial charge in [-0.1, -0.05) is 76.2 Å². The van der Waals surface area contributed by atoms with Crippen molar-refractivity contribution >= 4 is 49.8 Å². The van der Waals surface area contributed by atoms with Gasteiger partial charge in [0.05, 0.1) is 0 Å². The lowest BCUT2D eigenvalue weighted by molar-refractivity contribution is 1.13. The molecule has 0 N–H and O–H groups in total. The Balaban J connectivity index is 2.44. The molecule has 0 saturated carbocycles. The molecular weight excluding hydrogens is 364 g/mol. The molecule has 0 aromatic heterocycles. The predicted octanol–water partition coefficient (Wildman–Crippen LogP) is 4.35. The van der Waals surface area contributed by atoms with Crippen molar-refractivity contribution in [2.24, 2.45) is 0 Å². The highest BCUT2D eigenvalue weighted by molar-refractivity contribution is 9.72. The molecule has 12 heavy (non-hydrogen) atoms. The summed E-state index contributed by atoms with van der Waals surface area (Å²) in [6.45, 7) is 0. The first-order chi connectivity index (χ1) is 5.58. The van der Waals surface area contributed by atoms with Crippen LogP contribution < -0.4 is 0 Å². The van der Waals surface area contributed by atoms with Crippen molar-refractivity contribution in [3.05, 3.63) is 35.9 Å². The Kier molecular flexibility index (Phi) is 4.50. The molecule has 1 rings (SSSR count). The minimum Gasteiger partial charge on any atom is -0.0964 e. The molecule has 66 valence electrons. The van der Waals surface area contributed by atoms with E-state index in [-0.39, 0.29) is 0 Å². The third-order valence-electron chi connectivity index (χ3n) is 1.54. The fourth-order valence-corrected chi connectivity index (χ4v) is 3.29. The Hall–Kier alpha value is 0.877. The van der Waals surface area contributed by atoms with Crippen molar-refractivity contribution in [3.63, 3.8) is 0 Å². The standard InChI is InChI=1S/C8H9Br3Si/c9-12(10,11)7-6-8-4-2-1-3-5-8/h1-5H,6-7H2. The first-order valence-electron chi connectivity index (χ1n) is 3.68. The van der Waals surface area contributed by atoms with Crippen molar-refractivity contribution < 1.29 is 0 Å². The SMILES string of the molecule is Br[Si](Br)(Br)CCc1ccccc1. The summed E-state index contributed by atoms with van der Waals surface area (Å²) in [4.78, 5) is 0. The molecule has 0 spiro atoms. The van der Waals surface area contributed by atoms with Crippen LogP contribution in [0.1, 0.15) is 5.56 Å². The maximum atomic E-state index is 3.61. The maximum absolute atomic E-state index is 3.61. The minimum atomic E-state index is -1.40. The van der Waals surface area contributed by atoms with E-state index < -0.39 is 3.93 Å². The Morgan fingerprint density at radius 1 is 1.00 bits per heavy atom. The number of hydrogen-bond donors (Lipinski definition) is 0. The summed E-state index contributed by atoms with van der Waals surface area (Å²) in [6.07, 6.45) is 1.12. The van der Waals surface area contributed by atoms with Crippen LogP contribution in [0.5, 0.6) is 0 Å². The largest absolute Gasteiger partial charge is 0.267 e. The zero-order chi connectivity index (χ0) is 9.03. The van der Waals surface area contributed by atoms with E-state index in [4.69, 9.17) is 0 Å². The highest BCUT2D eigenvalue weighted by Gasteiger charge is 2.21. The number of halogens is 3. The van der Waals surface area contributed by atoms with E-state index in [0.717, 1.165) is 12.5 Å². The van der Waals surface area contributed by atoms with Crippen LogP contribution in [0.2, 0.25) is 6.04 Å². The monoisotopic (exact) mass is 370 g/mol. The van der Waals surface area contributed by atoms with Gasteiger partial charge in [0.1, 0.15) is 0 Å². The minimum absolute atomic E-state index is 1.12. The van der Waals surface area contributed by atoms with Crippen molar-refractivity contribution in [2.75, 3.05) is 0 Å².